The van der Waals surface area contributed by atoms with Gasteiger partial charge in [0.25, 0.3) is 0 Å². The average molecular weight is 374 g/mol. The van der Waals surface area contributed by atoms with Crippen LogP contribution in [0.15, 0.2) is 0 Å². The topological polar surface area (TPSA) is 21.7 Å². The van der Waals surface area contributed by atoms with Crippen LogP contribution in [0.2, 0.25) is 38.8 Å². The first kappa shape index (κ1) is 22.4. The molecule has 24 heavy (non-hydrogen) atoms. The van der Waals surface area contributed by atoms with Crippen LogP contribution in [0.4, 0.5) is 0 Å². The van der Waals surface area contributed by atoms with Crippen LogP contribution in [0, 0.1) is 0 Å². The second-order valence-electron chi connectivity index (χ2n) is 10.3. The standard InChI is InChI=1S/C19H43NO2Si2/c1-11-22-24(9,10)14-12-13-21-17-15-18(2,3)20(23(6,7)8)19(4,5)16-17/h17H,11-16H2,1-10H3. The molecular formula is C19H43NO2Si2. The molecule has 1 aliphatic rings. The molecule has 1 rings (SSSR count). The van der Waals surface area contributed by atoms with Gasteiger partial charge in [0.2, 0.25) is 0 Å². The third-order valence-corrected chi connectivity index (χ3v) is 10.3. The van der Waals surface area contributed by atoms with Gasteiger partial charge >= 0.3 is 0 Å². The number of piperidine rings is 1. The molecule has 1 saturated heterocycles. The minimum atomic E-state index is -1.47. The lowest BCUT2D eigenvalue weighted by atomic mass is 9.81. The van der Waals surface area contributed by atoms with Crippen LogP contribution < -0.4 is 0 Å². The lowest BCUT2D eigenvalue weighted by Crippen LogP contribution is -2.70. The normalized spacial score (nSPS) is 22.8. The molecule has 0 amide bonds. The Bertz CT molecular complexity index is 385. The molecular weight excluding hydrogens is 330 g/mol. The van der Waals surface area contributed by atoms with Gasteiger partial charge in [0.05, 0.1) is 6.10 Å². The molecule has 0 atom stereocenters. The molecule has 0 spiro atoms. The molecule has 0 aromatic rings. The molecule has 144 valence electrons. The molecule has 0 unspecified atom stereocenters. The molecule has 1 heterocycles. The smallest absolute Gasteiger partial charge is 0.186 e. The van der Waals surface area contributed by atoms with Gasteiger partial charge in [0.1, 0.15) is 8.24 Å². The Morgan fingerprint density at radius 3 is 1.88 bits per heavy atom. The van der Waals surface area contributed by atoms with Gasteiger partial charge in [-0.25, -0.2) is 0 Å². The fraction of sp³-hybridized carbons (Fsp3) is 1.00. The first-order valence-electron chi connectivity index (χ1n) is 9.77. The van der Waals surface area contributed by atoms with Crippen molar-refractivity contribution in [2.24, 2.45) is 0 Å². The van der Waals surface area contributed by atoms with Crippen LogP contribution >= 0.6 is 0 Å². The third-order valence-electron chi connectivity index (χ3n) is 5.15. The number of ether oxygens (including phenoxy) is 1. The summed E-state index contributed by atoms with van der Waals surface area (Å²) in [6.07, 6.45) is 3.81. The van der Waals surface area contributed by atoms with Crippen molar-refractivity contribution in [1.29, 1.82) is 0 Å². The van der Waals surface area contributed by atoms with Gasteiger partial charge in [0, 0.05) is 24.3 Å². The van der Waals surface area contributed by atoms with Crippen molar-refractivity contribution >= 4 is 16.6 Å². The minimum Gasteiger partial charge on any atom is -0.418 e. The van der Waals surface area contributed by atoms with Crippen molar-refractivity contribution in [2.75, 3.05) is 13.2 Å². The molecule has 1 aliphatic heterocycles. The predicted molar refractivity (Wildman–Crippen MR) is 111 cm³/mol. The van der Waals surface area contributed by atoms with E-state index in [4.69, 9.17) is 9.16 Å². The van der Waals surface area contributed by atoms with E-state index in [1.807, 2.05) is 0 Å². The Kier molecular flexibility index (Phi) is 7.37. The van der Waals surface area contributed by atoms with Gasteiger partial charge < -0.3 is 13.7 Å². The molecule has 5 heteroatoms. The lowest BCUT2D eigenvalue weighted by Gasteiger charge is -2.60. The van der Waals surface area contributed by atoms with Crippen molar-refractivity contribution in [3.05, 3.63) is 0 Å². The summed E-state index contributed by atoms with van der Waals surface area (Å²) in [5.41, 5.74) is 0.437. The van der Waals surface area contributed by atoms with Crippen LogP contribution in [-0.2, 0) is 9.16 Å². The Balaban J connectivity index is 2.59. The summed E-state index contributed by atoms with van der Waals surface area (Å²) >= 11 is 0. The maximum Gasteiger partial charge on any atom is 0.186 e. The monoisotopic (exact) mass is 373 g/mol. The fourth-order valence-electron chi connectivity index (χ4n) is 5.33. The van der Waals surface area contributed by atoms with E-state index in [9.17, 15) is 0 Å². The molecule has 0 N–H and O–H groups in total. The zero-order valence-electron chi connectivity index (χ0n) is 18.1. The molecule has 0 saturated carbocycles. The molecule has 0 radical (unpaired) electrons. The molecule has 0 aliphatic carbocycles. The average Bonchev–Trinajstić information content (AvgIpc) is 2.29. The van der Waals surface area contributed by atoms with Crippen LogP contribution in [0.1, 0.15) is 53.9 Å². The van der Waals surface area contributed by atoms with E-state index in [1.54, 1.807) is 0 Å². The predicted octanol–water partition coefficient (Wildman–Crippen LogP) is 5.49. The van der Waals surface area contributed by atoms with Crippen LogP contribution in [0.25, 0.3) is 0 Å². The van der Waals surface area contributed by atoms with Crippen molar-refractivity contribution in [3.8, 4) is 0 Å². The number of hydrogen-bond acceptors (Lipinski definition) is 3. The fourth-order valence-corrected chi connectivity index (χ4v) is 11.1. The van der Waals surface area contributed by atoms with E-state index in [1.165, 1.54) is 6.04 Å². The van der Waals surface area contributed by atoms with Crippen LogP contribution in [-0.4, -0.2) is 51.5 Å². The number of hydrogen-bond donors (Lipinski definition) is 0. The van der Waals surface area contributed by atoms with E-state index < -0.39 is 16.6 Å². The van der Waals surface area contributed by atoms with E-state index in [0.29, 0.717) is 6.10 Å². The van der Waals surface area contributed by atoms with Crippen molar-refractivity contribution in [3.63, 3.8) is 0 Å². The second kappa shape index (κ2) is 7.91. The SMILES string of the molecule is CCO[Si](C)(C)CCCOC1CC(C)(C)N([Si](C)(C)C)C(C)(C)C1. The molecule has 0 aromatic heterocycles. The highest BCUT2D eigenvalue weighted by Gasteiger charge is 2.50. The Labute approximate surface area is 153 Å². The van der Waals surface area contributed by atoms with Crippen molar-refractivity contribution in [1.82, 2.24) is 4.57 Å². The maximum absolute atomic E-state index is 6.34. The summed E-state index contributed by atoms with van der Waals surface area (Å²) in [5.74, 6) is 0. The van der Waals surface area contributed by atoms with E-state index in [2.05, 4.69) is 71.9 Å². The van der Waals surface area contributed by atoms with E-state index in [-0.39, 0.29) is 11.1 Å². The van der Waals surface area contributed by atoms with Gasteiger partial charge in [-0.1, -0.05) is 19.6 Å². The third kappa shape index (κ3) is 6.24. The van der Waals surface area contributed by atoms with Gasteiger partial charge in [0.15, 0.2) is 8.32 Å². The van der Waals surface area contributed by atoms with Crippen molar-refractivity contribution in [2.45, 2.75) is 110 Å². The van der Waals surface area contributed by atoms with Gasteiger partial charge in [-0.3, -0.25) is 0 Å². The highest BCUT2D eigenvalue weighted by molar-refractivity contribution is 6.73. The van der Waals surface area contributed by atoms with Gasteiger partial charge in [-0.05, 0) is 73.0 Å². The first-order chi connectivity index (χ1) is 10.7. The molecule has 3 nitrogen and oxygen atoms in total. The Morgan fingerprint density at radius 2 is 1.46 bits per heavy atom. The number of rotatable bonds is 8. The minimum absolute atomic E-state index is 0.218. The quantitative estimate of drug-likeness (QED) is 0.415. The lowest BCUT2D eigenvalue weighted by molar-refractivity contribution is -0.0687. The highest BCUT2D eigenvalue weighted by atomic mass is 28.4. The molecule has 0 bridgehead atoms. The van der Waals surface area contributed by atoms with Crippen LogP contribution in [0.3, 0.4) is 0 Å². The molecule has 0 aromatic carbocycles. The maximum atomic E-state index is 6.34. The Morgan fingerprint density at radius 1 is 0.958 bits per heavy atom. The summed E-state index contributed by atoms with van der Waals surface area (Å²) in [6, 6.07) is 1.20. The highest BCUT2D eigenvalue weighted by Crippen LogP contribution is 2.43. The largest absolute Gasteiger partial charge is 0.418 e. The van der Waals surface area contributed by atoms with Gasteiger partial charge in [-0.2, -0.15) is 0 Å². The van der Waals surface area contributed by atoms with E-state index >= 15 is 0 Å². The van der Waals surface area contributed by atoms with Gasteiger partial charge in [-0.15, -0.1) is 0 Å². The molecule has 1 fully saturated rings. The first-order valence-corrected chi connectivity index (χ1v) is 16.3. The van der Waals surface area contributed by atoms with Crippen LogP contribution in [0.5, 0.6) is 0 Å². The summed E-state index contributed by atoms with van der Waals surface area (Å²) < 4.78 is 15.1. The Hall–Kier alpha value is 0.314. The summed E-state index contributed by atoms with van der Waals surface area (Å²) in [7, 11) is -2.83. The zero-order valence-corrected chi connectivity index (χ0v) is 20.1. The van der Waals surface area contributed by atoms with Crippen molar-refractivity contribution < 1.29 is 9.16 Å². The van der Waals surface area contributed by atoms with E-state index in [0.717, 1.165) is 32.5 Å². The summed E-state index contributed by atoms with van der Waals surface area (Å²) in [6.45, 7) is 25.5. The summed E-state index contributed by atoms with van der Waals surface area (Å²) in [4.78, 5) is 0. The second-order valence-corrected chi connectivity index (χ2v) is 19.4. The zero-order chi connectivity index (χ0) is 18.8. The summed E-state index contributed by atoms with van der Waals surface area (Å²) in [5, 5.41) is 0. The number of nitrogens with zero attached hydrogens (tertiary/aromatic N) is 1.